The molecule has 9 heteroatoms. The van der Waals surface area contributed by atoms with Gasteiger partial charge in [-0.05, 0) is 54.4 Å². The number of aryl methyl sites for hydroxylation is 1. The molecule has 0 amide bonds. The zero-order valence-corrected chi connectivity index (χ0v) is 23.1. The highest BCUT2D eigenvalue weighted by molar-refractivity contribution is 9.10. The maximum Gasteiger partial charge on any atom is 0.335 e. The molecule has 0 fully saturated rings. The van der Waals surface area contributed by atoms with Gasteiger partial charge in [0.1, 0.15) is 18.2 Å². The molecule has 38 heavy (non-hydrogen) atoms. The normalized spacial score (nSPS) is 11.3. The Labute approximate surface area is 229 Å². The van der Waals surface area contributed by atoms with Crippen molar-refractivity contribution >= 4 is 44.7 Å². The second-order valence-electron chi connectivity index (χ2n) is 9.07. The maximum absolute atomic E-state index is 13.4. The van der Waals surface area contributed by atoms with E-state index in [1.54, 1.807) is 30.5 Å². The molecule has 0 unspecified atom stereocenters. The Morgan fingerprint density at radius 3 is 2.71 bits per heavy atom. The number of aromatic carboxylic acids is 1. The molecule has 0 aliphatic rings. The van der Waals surface area contributed by atoms with Gasteiger partial charge in [0.15, 0.2) is 0 Å². The van der Waals surface area contributed by atoms with Crippen LogP contribution in [0.1, 0.15) is 47.1 Å². The molecule has 1 N–H and O–H groups in total. The largest absolute Gasteiger partial charge is 0.488 e. The Hall–Kier alpha value is -3.98. The lowest BCUT2D eigenvalue weighted by atomic mass is 10.1. The van der Waals surface area contributed by atoms with Gasteiger partial charge in [-0.2, -0.15) is 9.78 Å². The highest BCUT2D eigenvalue weighted by atomic mass is 79.9. The SMILES string of the molecule is CCCCc1nc2ccc(Br)cc2c(=O)n1N=Cc1ccc(N(C)C)cc1OCc1cccc(C(=O)O)c1. The van der Waals surface area contributed by atoms with Crippen LogP contribution in [-0.2, 0) is 13.0 Å². The fourth-order valence-electron chi connectivity index (χ4n) is 3.92. The van der Waals surface area contributed by atoms with Crippen LogP contribution in [0.4, 0.5) is 5.69 Å². The number of nitrogens with zero attached hydrogens (tertiary/aromatic N) is 4. The second-order valence-corrected chi connectivity index (χ2v) is 9.98. The highest BCUT2D eigenvalue weighted by Crippen LogP contribution is 2.25. The molecule has 0 bridgehead atoms. The summed E-state index contributed by atoms with van der Waals surface area (Å²) in [6.45, 7) is 2.26. The van der Waals surface area contributed by atoms with Gasteiger partial charge in [-0.1, -0.05) is 41.4 Å². The van der Waals surface area contributed by atoms with E-state index in [-0.39, 0.29) is 17.7 Å². The fraction of sp³-hybridized carbons (Fsp3) is 0.241. The van der Waals surface area contributed by atoms with Crippen LogP contribution in [0.5, 0.6) is 5.75 Å². The third-order valence-electron chi connectivity index (χ3n) is 6.02. The van der Waals surface area contributed by atoms with E-state index < -0.39 is 5.97 Å². The van der Waals surface area contributed by atoms with Crippen molar-refractivity contribution in [1.29, 1.82) is 0 Å². The summed E-state index contributed by atoms with van der Waals surface area (Å²) in [5, 5.41) is 14.3. The van der Waals surface area contributed by atoms with Gasteiger partial charge in [-0.25, -0.2) is 9.78 Å². The van der Waals surface area contributed by atoms with Gasteiger partial charge in [0.25, 0.3) is 5.56 Å². The Morgan fingerprint density at radius 2 is 1.97 bits per heavy atom. The summed E-state index contributed by atoms with van der Waals surface area (Å²) < 4.78 is 8.29. The van der Waals surface area contributed by atoms with Crippen LogP contribution in [0.15, 0.2) is 75.0 Å². The molecule has 0 aliphatic heterocycles. The van der Waals surface area contributed by atoms with Crippen LogP contribution in [0.3, 0.4) is 0 Å². The van der Waals surface area contributed by atoms with E-state index in [1.165, 1.54) is 4.68 Å². The summed E-state index contributed by atoms with van der Waals surface area (Å²) in [6, 6.07) is 17.8. The summed E-state index contributed by atoms with van der Waals surface area (Å²) in [7, 11) is 3.86. The van der Waals surface area contributed by atoms with Crippen molar-refractivity contribution < 1.29 is 14.6 Å². The predicted octanol–water partition coefficient (Wildman–Crippen LogP) is 5.73. The van der Waals surface area contributed by atoms with Crippen LogP contribution in [0.25, 0.3) is 10.9 Å². The first-order chi connectivity index (χ1) is 18.3. The number of carbonyl (C=O) groups is 1. The number of ether oxygens (including phenoxy) is 1. The Kier molecular flexibility index (Phi) is 8.58. The van der Waals surface area contributed by atoms with E-state index in [2.05, 4.69) is 28.0 Å². The van der Waals surface area contributed by atoms with Gasteiger partial charge >= 0.3 is 5.97 Å². The van der Waals surface area contributed by atoms with Gasteiger partial charge in [0, 0.05) is 42.3 Å². The smallest absolute Gasteiger partial charge is 0.335 e. The number of halogens is 1. The number of carboxylic acids is 1. The number of rotatable bonds is 10. The third kappa shape index (κ3) is 6.28. The molecule has 3 aromatic carbocycles. The molecule has 0 radical (unpaired) electrons. The number of hydrogen-bond acceptors (Lipinski definition) is 6. The van der Waals surface area contributed by atoms with E-state index in [0.717, 1.165) is 28.6 Å². The highest BCUT2D eigenvalue weighted by Gasteiger charge is 2.12. The standard InChI is InChI=1S/C29H29BrN4O4/c1-4-5-9-27-32-25-13-11-22(30)15-24(25)28(35)34(27)31-17-21-10-12-23(33(2)3)16-26(21)38-18-19-7-6-8-20(14-19)29(36)37/h6-8,10-17H,4-5,9,18H2,1-3H3,(H,36,37). The molecule has 4 rings (SSSR count). The molecular weight excluding hydrogens is 548 g/mol. The molecule has 8 nitrogen and oxygen atoms in total. The molecule has 4 aromatic rings. The van der Waals surface area contributed by atoms with E-state index in [0.29, 0.717) is 34.5 Å². The van der Waals surface area contributed by atoms with Crippen LogP contribution in [0.2, 0.25) is 0 Å². The number of aromatic nitrogens is 2. The number of benzene rings is 3. The molecule has 0 saturated heterocycles. The fourth-order valence-corrected chi connectivity index (χ4v) is 4.28. The third-order valence-corrected chi connectivity index (χ3v) is 6.52. The van der Waals surface area contributed by atoms with Gasteiger partial charge in [0.05, 0.1) is 22.7 Å². The quantitative estimate of drug-likeness (QED) is 0.242. The average molecular weight is 577 g/mol. The maximum atomic E-state index is 13.4. The molecule has 0 saturated carbocycles. The van der Waals surface area contributed by atoms with Gasteiger partial charge in [-0.3, -0.25) is 4.79 Å². The van der Waals surface area contributed by atoms with Crippen LogP contribution >= 0.6 is 15.9 Å². The zero-order valence-electron chi connectivity index (χ0n) is 21.5. The lowest BCUT2D eigenvalue weighted by Gasteiger charge is -2.16. The molecule has 0 aliphatic carbocycles. The minimum absolute atomic E-state index is 0.173. The van der Waals surface area contributed by atoms with Crippen molar-refractivity contribution in [2.75, 3.05) is 19.0 Å². The number of fused-ring (bicyclic) bond motifs is 1. The number of unbranched alkanes of at least 4 members (excludes halogenated alkanes) is 1. The first kappa shape index (κ1) is 27.1. The first-order valence-corrected chi connectivity index (χ1v) is 13.1. The van der Waals surface area contributed by atoms with Gasteiger partial charge < -0.3 is 14.7 Å². The van der Waals surface area contributed by atoms with Crippen molar-refractivity contribution in [3.63, 3.8) is 0 Å². The summed E-state index contributed by atoms with van der Waals surface area (Å²) in [6.07, 6.45) is 4.07. The number of anilines is 1. The predicted molar refractivity (Wildman–Crippen MR) is 154 cm³/mol. The van der Waals surface area contributed by atoms with Crippen LogP contribution in [0, 0.1) is 0 Å². The van der Waals surface area contributed by atoms with Crippen LogP contribution < -0.4 is 15.2 Å². The molecule has 1 aromatic heterocycles. The Morgan fingerprint density at radius 1 is 1.16 bits per heavy atom. The average Bonchev–Trinajstić information content (AvgIpc) is 2.91. The molecular formula is C29H29BrN4O4. The van der Waals surface area contributed by atoms with E-state index in [9.17, 15) is 14.7 Å². The molecule has 1 heterocycles. The van der Waals surface area contributed by atoms with Gasteiger partial charge in [-0.15, -0.1) is 0 Å². The summed E-state index contributed by atoms with van der Waals surface area (Å²) in [5.41, 5.74) is 2.92. The lowest BCUT2D eigenvalue weighted by Crippen LogP contribution is -2.22. The summed E-state index contributed by atoms with van der Waals surface area (Å²) in [5.74, 6) is 0.163. The minimum atomic E-state index is -0.991. The Bertz CT molecular complexity index is 1560. The topological polar surface area (TPSA) is 97.0 Å². The van der Waals surface area contributed by atoms with E-state index in [4.69, 9.17) is 9.72 Å². The zero-order chi connectivity index (χ0) is 27.2. The molecule has 0 spiro atoms. The van der Waals surface area contributed by atoms with Crippen molar-refractivity contribution in [3.05, 3.63) is 98.0 Å². The number of hydrogen-bond donors (Lipinski definition) is 1. The summed E-state index contributed by atoms with van der Waals surface area (Å²) in [4.78, 5) is 31.4. The monoisotopic (exact) mass is 576 g/mol. The van der Waals surface area contributed by atoms with Crippen molar-refractivity contribution in [3.8, 4) is 5.75 Å². The second kappa shape index (κ2) is 12.0. The van der Waals surface area contributed by atoms with Crippen molar-refractivity contribution in [1.82, 2.24) is 9.66 Å². The van der Waals surface area contributed by atoms with Gasteiger partial charge in [0.2, 0.25) is 0 Å². The van der Waals surface area contributed by atoms with E-state index >= 15 is 0 Å². The summed E-state index contributed by atoms with van der Waals surface area (Å²) >= 11 is 3.44. The van der Waals surface area contributed by atoms with Crippen molar-refractivity contribution in [2.45, 2.75) is 32.8 Å². The van der Waals surface area contributed by atoms with E-state index in [1.807, 2.05) is 55.4 Å². The Balaban J connectivity index is 1.73. The van der Waals surface area contributed by atoms with Crippen molar-refractivity contribution in [2.24, 2.45) is 5.10 Å². The number of carboxylic acid groups (broad SMARTS) is 1. The lowest BCUT2D eigenvalue weighted by molar-refractivity contribution is 0.0696. The minimum Gasteiger partial charge on any atom is -0.488 e. The first-order valence-electron chi connectivity index (χ1n) is 12.3. The molecule has 196 valence electrons. The molecule has 0 atom stereocenters. The van der Waals surface area contributed by atoms with Crippen LogP contribution in [-0.4, -0.2) is 41.0 Å².